The van der Waals surface area contributed by atoms with Gasteiger partial charge in [-0.1, -0.05) is 35.0 Å². The number of hydrogen-bond donors (Lipinski definition) is 2. The molecule has 2 unspecified atom stereocenters. The van der Waals surface area contributed by atoms with Crippen LogP contribution in [0.25, 0.3) is 0 Å². The fourth-order valence-corrected chi connectivity index (χ4v) is 1.69. The minimum absolute atomic E-state index is 0.409. The summed E-state index contributed by atoms with van der Waals surface area (Å²) in [5.41, 5.74) is 0.632. The molecule has 0 saturated heterocycles. The van der Waals surface area contributed by atoms with Gasteiger partial charge in [-0.05, 0) is 24.1 Å². The van der Waals surface area contributed by atoms with Crippen molar-refractivity contribution in [3.05, 3.63) is 34.3 Å². The molecule has 0 aliphatic carbocycles. The lowest BCUT2D eigenvalue weighted by molar-refractivity contribution is -0.146. The summed E-state index contributed by atoms with van der Waals surface area (Å²) in [6.07, 6.45) is -0.535. The predicted molar refractivity (Wildman–Crippen MR) is 60.5 cm³/mol. The Morgan fingerprint density at radius 2 is 1.93 bits per heavy atom. The van der Waals surface area contributed by atoms with Crippen molar-refractivity contribution in [2.45, 2.75) is 19.4 Å². The molecule has 0 aliphatic heterocycles. The first-order chi connectivity index (χ1) is 7.06. The van der Waals surface area contributed by atoms with Crippen LogP contribution >= 0.6 is 15.9 Å². The van der Waals surface area contributed by atoms with Crippen LogP contribution in [-0.4, -0.2) is 16.2 Å². The Hall–Kier alpha value is -0.870. The SMILES string of the molecule is CCC(C(=O)O)C(O)c1ccc(Br)cc1. The van der Waals surface area contributed by atoms with E-state index in [0.29, 0.717) is 12.0 Å². The van der Waals surface area contributed by atoms with Gasteiger partial charge in [0.2, 0.25) is 0 Å². The molecule has 0 saturated carbocycles. The molecule has 0 heterocycles. The van der Waals surface area contributed by atoms with Gasteiger partial charge in [-0.25, -0.2) is 0 Å². The first-order valence-corrected chi connectivity index (χ1v) is 5.52. The molecule has 15 heavy (non-hydrogen) atoms. The van der Waals surface area contributed by atoms with Crippen LogP contribution in [-0.2, 0) is 4.79 Å². The van der Waals surface area contributed by atoms with Gasteiger partial charge < -0.3 is 10.2 Å². The summed E-state index contributed by atoms with van der Waals surface area (Å²) in [5.74, 6) is -1.71. The van der Waals surface area contributed by atoms with Crippen molar-refractivity contribution < 1.29 is 15.0 Å². The van der Waals surface area contributed by atoms with E-state index in [4.69, 9.17) is 5.11 Å². The van der Waals surface area contributed by atoms with Crippen LogP contribution in [0.4, 0.5) is 0 Å². The largest absolute Gasteiger partial charge is 0.481 e. The molecule has 0 radical (unpaired) electrons. The third-order valence-corrected chi connectivity index (χ3v) is 2.88. The fourth-order valence-electron chi connectivity index (χ4n) is 1.43. The van der Waals surface area contributed by atoms with Gasteiger partial charge in [0.1, 0.15) is 0 Å². The van der Waals surface area contributed by atoms with Gasteiger partial charge in [-0.2, -0.15) is 0 Å². The average molecular weight is 273 g/mol. The molecule has 1 rings (SSSR count). The fraction of sp³-hybridized carbons (Fsp3) is 0.364. The minimum atomic E-state index is -0.965. The van der Waals surface area contributed by atoms with E-state index in [1.807, 2.05) is 0 Å². The lowest BCUT2D eigenvalue weighted by Crippen LogP contribution is -2.21. The zero-order chi connectivity index (χ0) is 11.4. The van der Waals surface area contributed by atoms with Gasteiger partial charge in [-0.3, -0.25) is 4.79 Å². The molecule has 4 heteroatoms. The molecule has 82 valence electrons. The molecule has 0 aromatic heterocycles. The maximum atomic E-state index is 10.8. The zero-order valence-corrected chi connectivity index (χ0v) is 9.94. The van der Waals surface area contributed by atoms with E-state index < -0.39 is 18.0 Å². The number of benzene rings is 1. The maximum Gasteiger partial charge on any atom is 0.309 e. The highest BCUT2D eigenvalue weighted by Gasteiger charge is 2.25. The van der Waals surface area contributed by atoms with Crippen LogP contribution in [0.1, 0.15) is 25.0 Å². The minimum Gasteiger partial charge on any atom is -0.481 e. The Kier molecular flexibility index (Phi) is 4.29. The lowest BCUT2D eigenvalue weighted by atomic mass is 9.94. The molecule has 1 aromatic rings. The molecule has 0 bridgehead atoms. The summed E-state index contributed by atoms with van der Waals surface area (Å²) in [5, 5.41) is 18.7. The zero-order valence-electron chi connectivity index (χ0n) is 8.35. The van der Waals surface area contributed by atoms with E-state index in [0.717, 1.165) is 4.47 Å². The number of aliphatic carboxylic acids is 1. The van der Waals surface area contributed by atoms with Gasteiger partial charge in [0.15, 0.2) is 0 Å². The Bertz CT molecular complexity index is 334. The number of aliphatic hydroxyl groups excluding tert-OH is 1. The molecule has 0 fully saturated rings. The van der Waals surface area contributed by atoms with Crippen LogP contribution in [0.2, 0.25) is 0 Å². The molecule has 3 nitrogen and oxygen atoms in total. The van der Waals surface area contributed by atoms with Gasteiger partial charge in [0.25, 0.3) is 0 Å². The number of carboxylic acids is 1. The predicted octanol–water partition coefficient (Wildman–Crippen LogP) is 2.59. The monoisotopic (exact) mass is 272 g/mol. The van der Waals surface area contributed by atoms with Crippen LogP contribution in [0.3, 0.4) is 0 Å². The van der Waals surface area contributed by atoms with E-state index in [1.165, 1.54) is 0 Å². The number of carboxylic acid groups (broad SMARTS) is 1. The summed E-state index contributed by atoms with van der Waals surface area (Å²) in [6.45, 7) is 1.75. The topological polar surface area (TPSA) is 57.5 Å². The Labute approximate surface area is 96.9 Å². The molecule has 2 atom stereocenters. The normalized spacial score (nSPS) is 14.6. The standard InChI is InChI=1S/C11H13BrO3/c1-2-9(11(14)15)10(13)7-3-5-8(12)6-4-7/h3-6,9-10,13H,2H2,1H3,(H,14,15). The van der Waals surface area contributed by atoms with Crippen molar-refractivity contribution in [1.29, 1.82) is 0 Å². The highest BCUT2D eigenvalue weighted by Crippen LogP contribution is 2.25. The van der Waals surface area contributed by atoms with Gasteiger partial charge in [0.05, 0.1) is 12.0 Å². The summed E-state index contributed by atoms with van der Waals surface area (Å²) in [4.78, 5) is 10.8. The van der Waals surface area contributed by atoms with E-state index in [1.54, 1.807) is 31.2 Å². The summed E-state index contributed by atoms with van der Waals surface area (Å²) < 4.78 is 0.904. The number of carbonyl (C=O) groups is 1. The highest BCUT2D eigenvalue weighted by atomic mass is 79.9. The average Bonchev–Trinajstić information content (AvgIpc) is 2.19. The summed E-state index contributed by atoms with van der Waals surface area (Å²) in [7, 11) is 0. The van der Waals surface area contributed by atoms with Crippen LogP contribution in [0.5, 0.6) is 0 Å². The second-order valence-electron chi connectivity index (χ2n) is 3.35. The molecule has 1 aromatic carbocycles. The van der Waals surface area contributed by atoms with Crippen molar-refractivity contribution >= 4 is 21.9 Å². The Morgan fingerprint density at radius 1 is 1.40 bits per heavy atom. The highest BCUT2D eigenvalue weighted by molar-refractivity contribution is 9.10. The van der Waals surface area contributed by atoms with Crippen molar-refractivity contribution in [2.24, 2.45) is 5.92 Å². The summed E-state index contributed by atoms with van der Waals surface area (Å²) >= 11 is 3.28. The quantitative estimate of drug-likeness (QED) is 0.886. The van der Waals surface area contributed by atoms with E-state index in [-0.39, 0.29) is 0 Å². The van der Waals surface area contributed by atoms with Gasteiger partial charge >= 0.3 is 5.97 Å². The van der Waals surface area contributed by atoms with Crippen LogP contribution in [0, 0.1) is 5.92 Å². The molecule has 2 N–H and O–H groups in total. The number of aliphatic hydroxyl groups is 1. The maximum absolute atomic E-state index is 10.8. The first kappa shape index (κ1) is 12.2. The second kappa shape index (κ2) is 5.28. The van der Waals surface area contributed by atoms with Crippen molar-refractivity contribution in [2.75, 3.05) is 0 Å². The van der Waals surface area contributed by atoms with Gasteiger partial charge in [0, 0.05) is 4.47 Å². The molecular formula is C11H13BrO3. The van der Waals surface area contributed by atoms with Crippen molar-refractivity contribution in [1.82, 2.24) is 0 Å². The summed E-state index contributed by atoms with van der Waals surface area (Å²) in [6, 6.07) is 7.01. The number of halogens is 1. The van der Waals surface area contributed by atoms with Crippen molar-refractivity contribution in [3.63, 3.8) is 0 Å². The van der Waals surface area contributed by atoms with E-state index >= 15 is 0 Å². The number of hydrogen-bond acceptors (Lipinski definition) is 2. The first-order valence-electron chi connectivity index (χ1n) is 4.72. The smallest absolute Gasteiger partial charge is 0.309 e. The third-order valence-electron chi connectivity index (χ3n) is 2.35. The lowest BCUT2D eigenvalue weighted by Gasteiger charge is -2.17. The Balaban J connectivity index is 2.87. The van der Waals surface area contributed by atoms with E-state index in [2.05, 4.69) is 15.9 Å². The van der Waals surface area contributed by atoms with Gasteiger partial charge in [-0.15, -0.1) is 0 Å². The molecule has 0 aliphatic rings. The second-order valence-corrected chi connectivity index (χ2v) is 4.27. The Morgan fingerprint density at radius 3 is 2.33 bits per heavy atom. The molecule has 0 amide bonds. The molecular weight excluding hydrogens is 260 g/mol. The van der Waals surface area contributed by atoms with Crippen LogP contribution < -0.4 is 0 Å². The van der Waals surface area contributed by atoms with Crippen molar-refractivity contribution in [3.8, 4) is 0 Å². The number of rotatable bonds is 4. The molecule has 0 spiro atoms. The van der Waals surface area contributed by atoms with Crippen LogP contribution in [0.15, 0.2) is 28.7 Å². The third kappa shape index (κ3) is 3.04. The van der Waals surface area contributed by atoms with E-state index in [9.17, 15) is 9.90 Å².